The Morgan fingerprint density at radius 3 is 1.42 bits per heavy atom. The van der Waals surface area contributed by atoms with Gasteiger partial charge in [-0.25, -0.2) is 0 Å². The standard InChI is InChI=1S/C33H30NOP/c1-6-16-27(17-7-1)26-34-32(28-18-8-2-9-19-28)33(29-20-10-3-11-21-29)35-36(30-22-12-4-13-23-30)31-24-14-5-15-25-31/h1-25,32-34H,26H2/t32-,33+/m0/s1. The van der Waals surface area contributed by atoms with Crippen LogP contribution >= 0.6 is 8.15 Å². The molecule has 0 aliphatic carbocycles. The summed E-state index contributed by atoms with van der Waals surface area (Å²) in [6.45, 7) is 0.752. The lowest BCUT2D eigenvalue weighted by Gasteiger charge is -2.33. The Bertz CT molecular complexity index is 1260. The van der Waals surface area contributed by atoms with E-state index in [4.69, 9.17) is 4.52 Å². The van der Waals surface area contributed by atoms with Crippen molar-refractivity contribution in [3.63, 3.8) is 0 Å². The van der Waals surface area contributed by atoms with Gasteiger partial charge in [0, 0.05) is 17.2 Å². The highest BCUT2D eigenvalue weighted by Gasteiger charge is 2.30. The second-order valence-electron chi connectivity index (χ2n) is 8.66. The van der Waals surface area contributed by atoms with Gasteiger partial charge in [0.1, 0.15) is 6.10 Å². The highest BCUT2D eigenvalue weighted by Crippen LogP contribution is 2.45. The Morgan fingerprint density at radius 2 is 0.917 bits per heavy atom. The van der Waals surface area contributed by atoms with Crippen molar-refractivity contribution >= 4 is 18.8 Å². The van der Waals surface area contributed by atoms with Gasteiger partial charge in [-0.15, -0.1) is 0 Å². The molecule has 5 aromatic carbocycles. The first-order valence-electron chi connectivity index (χ1n) is 12.3. The van der Waals surface area contributed by atoms with Crippen LogP contribution in [0.4, 0.5) is 0 Å². The van der Waals surface area contributed by atoms with Crippen LogP contribution in [-0.4, -0.2) is 0 Å². The predicted octanol–water partition coefficient (Wildman–Crippen LogP) is 7.32. The molecule has 3 heteroatoms. The first kappa shape index (κ1) is 24.2. The van der Waals surface area contributed by atoms with Crippen LogP contribution in [0.2, 0.25) is 0 Å². The zero-order valence-corrected chi connectivity index (χ0v) is 21.0. The van der Waals surface area contributed by atoms with Crippen LogP contribution in [0.5, 0.6) is 0 Å². The van der Waals surface area contributed by atoms with Crippen LogP contribution in [0.1, 0.15) is 28.8 Å². The molecule has 2 nitrogen and oxygen atoms in total. The van der Waals surface area contributed by atoms with E-state index < -0.39 is 8.15 Å². The van der Waals surface area contributed by atoms with E-state index >= 15 is 0 Å². The van der Waals surface area contributed by atoms with E-state index in [1.807, 2.05) is 0 Å². The van der Waals surface area contributed by atoms with Crippen LogP contribution < -0.4 is 15.9 Å². The number of hydrogen-bond donors (Lipinski definition) is 1. The number of benzene rings is 5. The smallest absolute Gasteiger partial charge is 0.107 e. The largest absolute Gasteiger partial charge is 0.340 e. The molecule has 178 valence electrons. The minimum Gasteiger partial charge on any atom is -0.340 e. The van der Waals surface area contributed by atoms with Crippen molar-refractivity contribution in [3.05, 3.63) is 168 Å². The van der Waals surface area contributed by atoms with E-state index in [0.29, 0.717) is 0 Å². The van der Waals surface area contributed by atoms with Crippen LogP contribution in [0.3, 0.4) is 0 Å². The van der Waals surface area contributed by atoms with E-state index in [0.717, 1.165) is 12.1 Å². The summed E-state index contributed by atoms with van der Waals surface area (Å²) in [7, 11) is -1.04. The SMILES string of the molecule is c1ccc(CN[C@@H](c2ccccc2)[C@H](OP(c2ccccc2)c2ccccc2)c2ccccc2)cc1. The summed E-state index contributed by atoms with van der Waals surface area (Å²) < 4.78 is 7.22. The van der Waals surface area contributed by atoms with Crippen LogP contribution in [0, 0.1) is 0 Å². The third kappa shape index (κ3) is 6.17. The molecule has 0 spiro atoms. The average Bonchev–Trinajstić information content (AvgIpc) is 2.97. The van der Waals surface area contributed by atoms with Gasteiger partial charge in [-0.05, 0) is 16.7 Å². The van der Waals surface area contributed by atoms with Gasteiger partial charge in [-0.3, -0.25) is 0 Å². The van der Waals surface area contributed by atoms with Gasteiger partial charge >= 0.3 is 0 Å². The molecule has 0 aliphatic rings. The second kappa shape index (κ2) is 12.4. The molecule has 0 heterocycles. The van der Waals surface area contributed by atoms with Crippen LogP contribution in [-0.2, 0) is 11.1 Å². The summed E-state index contributed by atoms with van der Waals surface area (Å²) in [6, 6.07) is 53.0. The maximum Gasteiger partial charge on any atom is 0.107 e. The van der Waals surface area contributed by atoms with Crippen LogP contribution in [0.15, 0.2) is 152 Å². The maximum absolute atomic E-state index is 7.22. The summed E-state index contributed by atoms with van der Waals surface area (Å²) in [5, 5.41) is 6.25. The van der Waals surface area contributed by atoms with Crippen molar-refractivity contribution in [1.29, 1.82) is 0 Å². The molecule has 0 radical (unpaired) electrons. The molecule has 36 heavy (non-hydrogen) atoms. The predicted molar refractivity (Wildman–Crippen MR) is 152 cm³/mol. The molecule has 0 saturated carbocycles. The van der Waals surface area contributed by atoms with Gasteiger partial charge in [0.25, 0.3) is 0 Å². The molecule has 0 aromatic heterocycles. The van der Waals surface area contributed by atoms with Gasteiger partial charge in [-0.1, -0.05) is 152 Å². The van der Waals surface area contributed by atoms with Crippen molar-refractivity contribution < 1.29 is 4.52 Å². The third-order valence-electron chi connectivity index (χ3n) is 6.16. The minimum atomic E-state index is -1.04. The van der Waals surface area contributed by atoms with Gasteiger partial charge in [0.15, 0.2) is 0 Å². The Balaban J connectivity index is 1.56. The molecular formula is C33H30NOP. The Morgan fingerprint density at radius 1 is 0.500 bits per heavy atom. The quantitative estimate of drug-likeness (QED) is 0.208. The molecule has 0 unspecified atom stereocenters. The molecule has 0 bridgehead atoms. The Kier molecular flexibility index (Phi) is 8.34. The summed E-state index contributed by atoms with van der Waals surface area (Å²) in [4.78, 5) is 0. The van der Waals surface area contributed by atoms with E-state index in [1.54, 1.807) is 0 Å². The molecule has 0 aliphatic heterocycles. The molecular weight excluding hydrogens is 457 g/mol. The first-order valence-corrected chi connectivity index (χ1v) is 13.6. The fourth-order valence-electron chi connectivity index (χ4n) is 4.35. The van der Waals surface area contributed by atoms with Crippen molar-refractivity contribution in [3.8, 4) is 0 Å². The Labute approximate surface area is 215 Å². The average molecular weight is 488 g/mol. The summed E-state index contributed by atoms with van der Waals surface area (Å²) >= 11 is 0. The first-order chi connectivity index (χ1) is 17.9. The lowest BCUT2D eigenvalue weighted by molar-refractivity contribution is 0.176. The lowest BCUT2D eigenvalue weighted by atomic mass is 9.95. The molecule has 5 aromatic rings. The minimum absolute atomic E-state index is 0.0359. The van der Waals surface area contributed by atoms with E-state index in [2.05, 4.69) is 157 Å². The van der Waals surface area contributed by atoms with E-state index in [9.17, 15) is 0 Å². The molecule has 0 saturated heterocycles. The van der Waals surface area contributed by atoms with Gasteiger partial charge < -0.3 is 9.84 Å². The van der Waals surface area contributed by atoms with Gasteiger partial charge in [0.05, 0.1) is 14.2 Å². The molecule has 0 fully saturated rings. The van der Waals surface area contributed by atoms with Crippen molar-refractivity contribution in [2.45, 2.75) is 18.7 Å². The van der Waals surface area contributed by atoms with Gasteiger partial charge in [0.2, 0.25) is 0 Å². The van der Waals surface area contributed by atoms with Gasteiger partial charge in [-0.2, -0.15) is 0 Å². The molecule has 5 rings (SSSR count). The highest BCUT2D eigenvalue weighted by atomic mass is 31.1. The molecule has 1 N–H and O–H groups in total. The topological polar surface area (TPSA) is 21.3 Å². The number of rotatable bonds is 10. The number of nitrogens with one attached hydrogen (secondary N) is 1. The highest BCUT2D eigenvalue weighted by molar-refractivity contribution is 7.68. The zero-order chi connectivity index (χ0) is 24.4. The normalized spacial score (nSPS) is 12.8. The summed E-state index contributed by atoms with van der Waals surface area (Å²) in [6.07, 6.45) is -0.191. The van der Waals surface area contributed by atoms with E-state index in [1.165, 1.54) is 21.7 Å². The van der Waals surface area contributed by atoms with Crippen molar-refractivity contribution in [2.75, 3.05) is 0 Å². The molecule has 2 atom stereocenters. The maximum atomic E-state index is 7.22. The monoisotopic (exact) mass is 487 g/mol. The Hall–Kier alpha value is -3.55. The molecule has 0 amide bonds. The summed E-state index contributed by atoms with van der Waals surface area (Å²) in [5.41, 5.74) is 3.61. The lowest BCUT2D eigenvalue weighted by Crippen LogP contribution is -2.29. The summed E-state index contributed by atoms with van der Waals surface area (Å²) in [5.74, 6) is 0. The number of hydrogen-bond acceptors (Lipinski definition) is 2. The van der Waals surface area contributed by atoms with E-state index in [-0.39, 0.29) is 12.1 Å². The van der Waals surface area contributed by atoms with Crippen molar-refractivity contribution in [2.24, 2.45) is 0 Å². The zero-order valence-electron chi connectivity index (χ0n) is 20.2. The van der Waals surface area contributed by atoms with Crippen LogP contribution in [0.25, 0.3) is 0 Å². The fraction of sp³-hybridized carbons (Fsp3) is 0.0909. The fourth-order valence-corrected chi connectivity index (χ4v) is 6.25. The van der Waals surface area contributed by atoms with Crippen molar-refractivity contribution in [1.82, 2.24) is 5.32 Å². The third-order valence-corrected chi connectivity index (χ3v) is 8.13. The second-order valence-corrected chi connectivity index (χ2v) is 10.5.